The fraction of sp³-hybridized carbons (Fsp3) is 0.350. The molecule has 1 saturated heterocycles. The normalized spacial score (nSPS) is 16.0. The summed E-state index contributed by atoms with van der Waals surface area (Å²) >= 11 is 1.69. The molecule has 2 aromatic carbocycles. The van der Waals surface area contributed by atoms with Crippen LogP contribution in [0.1, 0.15) is 18.4 Å². The van der Waals surface area contributed by atoms with Crippen molar-refractivity contribution in [3.63, 3.8) is 0 Å². The molecular formula is C20H24N2OS. The van der Waals surface area contributed by atoms with Crippen molar-refractivity contribution in [2.24, 2.45) is 5.92 Å². The lowest BCUT2D eigenvalue weighted by Crippen LogP contribution is -2.37. The highest BCUT2D eigenvalue weighted by Gasteiger charge is 2.25. The van der Waals surface area contributed by atoms with E-state index in [1.54, 1.807) is 11.8 Å². The summed E-state index contributed by atoms with van der Waals surface area (Å²) in [5, 5.41) is 3.08. The van der Waals surface area contributed by atoms with Gasteiger partial charge in [0, 0.05) is 23.0 Å². The Hall–Kier alpha value is -1.78. The average Bonchev–Trinajstić information content (AvgIpc) is 2.63. The molecule has 1 aliphatic rings. The van der Waals surface area contributed by atoms with Gasteiger partial charge in [-0.25, -0.2) is 0 Å². The number of rotatable bonds is 5. The molecule has 0 aromatic heterocycles. The molecule has 0 bridgehead atoms. The van der Waals surface area contributed by atoms with Crippen LogP contribution in [-0.2, 0) is 11.3 Å². The lowest BCUT2D eigenvalue weighted by molar-refractivity contribution is -0.121. The number of thioether (sulfide) groups is 1. The number of carbonyl (C=O) groups is 1. The van der Waals surface area contributed by atoms with Crippen LogP contribution in [0.2, 0.25) is 0 Å². The molecule has 0 saturated carbocycles. The van der Waals surface area contributed by atoms with Crippen LogP contribution in [0.15, 0.2) is 59.5 Å². The van der Waals surface area contributed by atoms with Crippen LogP contribution in [0.4, 0.5) is 5.69 Å². The number of nitrogens with one attached hydrogen (secondary N) is 1. The molecule has 1 N–H and O–H groups in total. The Labute approximate surface area is 148 Å². The number of hydrogen-bond donors (Lipinski definition) is 1. The molecule has 1 heterocycles. The smallest absolute Gasteiger partial charge is 0.227 e. The molecule has 0 atom stereocenters. The number of hydrogen-bond acceptors (Lipinski definition) is 3. The fourth-order valence-electron chi connectivity index (χ4n) is 3.14. The van der Waals surface area contributed by atoms with Gasteiger partial charge in [-0.2, -0.15) is 0 Å². The minimum atomic E-state index is 0.120. The third-order valence-electron chi connectivity index (χ3n) is 4.54. The molecule has 4 heteroatoms. The van der Waals surface area contributed by atoms with Crippen molar-refractivity contribution in [2.75, 3.05) is 24.7 Å². The molecule has 1 aliphatic heterocycles. The monoisotopic (exact) mass is 340 g/mol. The minimum Gasteiger partial charge on any atom is -0.326 e. The molecule has 0 unspecified atom stereocenters. The van der Waals surface area contributed by atoms with Gasteiger partial charge in [-0.1, -0.05) is 36.4 Å². The number of piperidine rings is 1. The summed E-state index contributed by atoms with van der Waals surface area (Å²) in [6.07, 6.45) is 3.91. The van der Waals surface area contributed by atoms with E-state index in [1.807, 2.05) is 30.5 Å². The van der Waals surface area contributed by atoms with Crippen molar-refractivity contribution in [1.82, 2.24) is 4.90 Å². The Bertz CT molecular complexity index is 666. The van der Waals surface area contributed by atoms with Crippen molar-refractivity contribution < 1.29 is 4.79 Å². The first-order chi connectivity index (χ1) is 11.7. The molecule has 2 aromatic rings. The van der Waals surface area contributed by atoms with Gasteiger partial charge >= 0.3 is 0 Å². The molecule has 3 rings (SSSR count). The van der Waals surface area contributed by atoms with Crippen molar-refractivity contribution in [1.29, 1.82) is 0 Å². The van der Waals surface area contributed by atoms with Gasteiger partial charge in [-0.05, 0) is 55.9 Å². The van der Waals surface area contributed by atoms with E-state index in [2.05, 4.69) is 40.5 Å². The number of benzene rings is 2. The summed E-state index contributed by atoms with van der Waals surface area (Å²) in [7, 11) is 0. The van der Waals surface area contributed by atoms with Crippen molar-refractivity contribution >= 4 is 23.4 Å². The highest BCUT2D eigenvalue weighted by Crippen LogP contribution is 2.23. The van der Waals surface area contributed by atoms with E-state index >= 15 is 0 Å². The highest BCUT2D eigenvalue weighted by atomic mass is 32.2. The Morgan fingerprint density at radius 1 is 1.12 bits per heavy atom. The maximum absolute atomic E-state index is 12.5. The summed E-state index contributed by atoms with van der Waals surface area (Å²) in [6, 6.07) is 18.6. The van der Waals surface area contributed by atoms with Crippen molar-refractivity contribution in [3.8, 4) is 0 Å². The van der Waals surface area contributed by atoms with Gasteiger partial charge in [0.2, 0.25) is 5.91 Å². The molecule has 1 amide bonds. The topological polar surface area (TPSA) is 32.3 Å². The first-order valence-corrected chi connectivity index (χ1v) is 9.68. The van der Waals surface area contributed by atoms with Crippen LogP contribution in [0.3, 0.4) is 0 Å². The maximum atomic E-state index is 12.5. The summed E-state index contributed by atoms with van der Waals surface area (Å²) in [6.45, 7) is 2.95. The van der Waals surface area contributed by atoms with Gasteiger partial charge < -0.3 is 5.32 Å². The first kappa shape index (κ1) is 17.1. The van der Waals surface area contributed by atoms with E-state index in [0.717, 1.165) is 38.2 Å². The van der Waals surface area contributed by atoms with Crippen LogP contribution >= 0.6 is 11.8 Å². The Balaban J connectivity index is 1.49. The SMILES string of the molecule is CSc1cccc(NC(=O)C2CCN(Cc3ccccc3)CC2)c1. The zero-order valence-corrected chi connectivity index (χ0v) is 14.9. The number of amides is 1. The third kappa shape index (κ3) is 4.62. The minimum absolute atomic E-state index is 0.120. The molecule has 0 aliphatic carbocycles. The van der Waals surface area contributed by atoms with Gasteiger partial charge in [0.25, 0.3) is 0 Å². The van der Waals surface area contributed by atoms with Crippen molar-refractivity contribution in [3.05, 3.63) is 60.2 Å². The summed E-state index contributed by atoms with van der Waals surface area (Å²) in [5.74, 6) is 0.280. The lowest BCUT2D eigenvalue weighted by Gasteiger charge is -2.31. The number of carbonyl (C=O) groups excluding carboxylic acids is 1. The summed E-state index contributed by atoms with van der Waals surface area (Å²) in [5.41, 5.74) is 2.24. The van der Waals surface area contributed by atoms with Crippen LogP contribution in [-0.4, -0.2) is 30.2 Å². The van der Waals surface area contributed by atoms with Crippen LogP contribution < -0.4 is 5.32 Å². The van der Waals surface area contributed by atoms with Crippen LogP contribution in [0.25, 0.3) is 0 Å². The largest absolute Gasteiger partial charge is 0.326 e. The van der Waals surface area contributed by atoms with E-state index in [-0.39, 0.29) is 11.8 Å². The second-order valence-electron chi connectivity index (χ2n) is 6.26. The van der Waals surface area contributed by atoms with Gasteiger partial charge in [-0.15, -0.1) is 11.8 Å². The van der Waals surface area contributed by atoms with E-state index in [9.17, 15) is 4.79 Å². The predicted octanol–water partition coefficient (Wildman–Crippen LogP) is 4.26. The van der Waals surface area contributed by atoms with E-state index < -0.39 is 0 Å². The lowest BCUT2D eigenvalue weighted by atomic mass is 9.95. The molecule has 0 spiro atoms. The third-order valence-corrected chi connectivity index (χ3v) is 5.27. The number of anilines is 1. The van der Waals surface area contributed by atoms with Gasteiger partial charge in [0.05, 0.1) is 0 Å². The Morgan fingerprint density at radius 3 is 2.58 bits per heavy atom. The zero-order valence-electron chi connectivity index (χ0n) is 14.1. The Kier molecular flexibility index (Phi) is 5.94. The predicted molar refractivity (Wildman–Crippen MR) is 101 cm³/mol. The van der Waals surface area contributed by atoms with Crippen molar-refractivity contribution in [2.45, 2.75) is 24.3 Å². The van der Waals surface area contributed by atoms with E-state index in [4.69, 9.17) is 0 Å². The summed E-state index contributed by atoms with van der Waals surface area (Å²) in [4.78, 5) is 16.1. The molecule has 24 heavy (non-hydrogen) atoms. The quantitative estimate of drug-likeness (QED) is 0.826. The second-order valence-corrected chi connectivity index (χ2v) is 7.14. The van der Waals surface area contributed by atoms with E-state index in [1.165, 1.54) is 10.5 Å². The second kappa shape index (κ2) is 8.36. The zero-order chi connectivity index (χ0) is 16.8. The van der Waals surface area contributed by atoms with Gasteiger partial charge in [0.1, 0.15) is 0 Å². The van der Waals surface area contributed by atoms with Gasteiger partial charge in [0.15, 0.2) is 0 Å². The summed E-state index contributed by atoms with van der Waals surface area (Å²) < 4.78 is 0. The first-order valence-electron chi connectivity index (χ1n) is 8.46. The molecular weight excluding hydrogens is 316 g/mol. The van der Waals surface area contributed by atoms with Gasteiger partial charge in [-0.3, -0.25) is 9.69 Å². The standard InChI is InChI=1S/C20H24N2OS/c1-24-19-9-5-8-18(14-19)21-20(23)17-10-12-22(13-11-17)15-16-6-3-2-4-7-16/h2-9,14,17H,10-13,15H2,1H3,(H,21,23). The highest BCUT2D eigenvalue weighted by molar-refractivity contribution is 7.98. The number of likely N-dealkylation sites (tertiary alicyclic amines) is 1. The maximum Gasteiger partial charge on any atom is 0.227 e. The molecule has 3 nitrogen and oxygen atoms in total. The fourth-order valence-corrected chi connectivity index (χ4v) is 3.60. The van der Waals surface area contributed by atoms with Crippen LogP contribution in [0.5, 0.6) is 0 Å². The van der Waals surface area contributed by atoms with Crippen LogP contribution in [0, 0.1) is 5.92 Å². The number of nitrogens with zero attached hydrogens (tertiary/aromatic N) is 1. The molecule has 0 radical (unpaired) electrons. The van der Waals surface area contributed by atoms with E-state index in [0.29, 0.717) is 0 Å². The molecule has 126 valence electrons. The molecule has 1 fully saturated rings. The average molecular weight is 340 g/mol. The Morgan fingerprint density at radius 2 is 1.88 bits per heavy atom.